The zero-order chi connectivity index (χ0) is 21.3. The van der Waals surface area contributed by atoms with E-state index in [1.54, 1.807) is 7.11 Å². The minimum Gasteiger partial charge on any atom is -0.497 e. The largest absolute Gasteiger partial charge is 0.497 e. The number of methoxy groups -OCH3 is 1. The Balaban J connectivity index is 1.47. The molecule has 1 N–H and O–H groups in total. The molecule has 0 radical (unpaired) electrons. The van der Waals surface area contributed by atoms with Gasteiger partial charge >= 0.3 is 0 Å². The molecule has 2 fully saturated rings. The van der Waals surface area contributed by atoms with Crippen molar-refractivity contribution in [3.05, 3.63) is 42.0 Å². The zero-order valence-corrected chi connectivity index (χ0v) is 17.6. The van der Waals surface area contributed by atoms with Gasteiger partial charge in [-0.2, -0.15) is 0 Å². The van der Waals surface area contributed by atoms with E-state index in [9.17, 15) is 4.79 Å². The fourth-order valence-corrected chi connectivity index (χ4v) is 4.69. The van der Waals surface area contributed by atoms with Gasteiger partial charge in [-0.15, -0.1) is 0 Å². The lowest BCUT2D eigenvalue weighted by molar-refractivity contribution is -0.125. The summed E-state index contributed by atoms with van der Waals surface area (Å²) in [5, 5.41) is 11.3. The Labute approximate surface area is 180 Å². The molecule has 0 saturated carbocycles. The lowest BCUT2D eigenvalue weighted by Gasteiger charge is -2.36. The third-order valence-electron chi connectivity index (χ3n) is 6.51. The summed E-state index contributed by atoms with van der Waals surface area (Å²) in [4.78, 5) is 16.0. The highest BCUT2D eigenvalue weighted by Crippen LogP contribution is 2.38. The number of benzene rings is 2. The van der Waals surface area contributed by atoms with Gasteiger partial charge in [0.1, 0.15) is 5.75 Å². The summed E-state index contributed by atoms with van der Waals surface area (Å²) in [6.07, 6.45) is 3.55. The maximum atomic E-state index is 13.7. The third-order valence-corrected chi connectivity index (χ3v) is 6.51. The van der Waals surface area contributed by atoms with Gasteiger partial charge in [-0.1, -0.05) is 12.1 Å². The Morgan fingerprint density at radius 2 is 1.74 bits per heavy atom. The molecule has 162 valence electrons. The molecule has 2 aromatic carbocycles. The number of carbonyl (C=O) groups excluding carboxylic acids is 1. The quantitative estimate of drug-likeness (QED) is 0.673. The summed E-state index contributed by atoms with van der Waals surface area (Å²) < 4.78 is 15.9. The number of anilines is 2. The number of nitrogens with one attached hydrogen (secondary N) is 1. The topological polar surface area (TPSA) is 89.7 Å². The van der Waals surface area contributed by atoms with Crippen LogP contribution in [-0.4, -0.2) is 49.6 Å². The molecule has 1 amide bonds. The molecular formula is C23H26N4O4. The van der Waals surface area contributed by atoms with Gasteiger partial charge in [0.2, 0.25) is 5.91 Å². The molecule has 0 bridgehead atoms. The molecule has 8 heteroatoms. The second kappa shape index (κ2) is 8.19. The maximum absolute atomic E-state index is 13.7. The Bertz CT molecular complexity index is 1070. The van der Waals surface area contributed by atoms with Crippen LogP contribution in [0.25, 0.3) is 11.0 Å². The summed E-state index contributed by atoms with van der Waals surface area (Å²) >= 11 is 0. The Kier molecular flexibility index (Phi) is 5.23. The maximum Gasteiger partial charge on any atom is 0.235 e. The predicted molar refractivity (Wildman–Crippen MR) is 117 cm³/mol. The number of hydrogen-bond acceptors (Lipinski definition) is 7. The van der Waals surface area contributed by atoms with E-state index in [-0.39, 0.29) is 5.91 Å². The Morgan fingerprint density at radius 1 is 1.03 bits per heavy atom. The number of ether oxygens (including phenoxy) is 2. The molecule has 3 heterocycles. The zero-order valence-electron chi connectivity index (χ0n) is 17.6. The average molecular weight is 422 g/mol. The minimum atomic E-state index is -0.679. The highest BCUT2D eigenvalue weighted by atomic mass is 16.6. The first-order valence-corrected chi connectivity index (χ1v) is 10.8. The highest BCUT2D eigenvalue weighted by Gasteiger charge is 2.42. The van der Waals surface area contributed by atoms with E-state index < -0.39 is 5.41 Å². The monoisotopic (exact) mass is 422 g/mol. The van der Waals surface area contributed by atoms with Crippen molar-refractivity contribution in [3.63, 3.8) is 0 Å². The predicted octanol–water partition coefficient (Wildman–Crippen LogP) is 3.52. The van der Waals surface area contributed by atoms with Crippen molar-refractivity contribution in [2.24, 2.45) is 0 Å². The summed E-state index contributed by atoms with van der Waals surface area (Å²) in [6, 6.07) is 11.6. The number of nitrogens with zero attached hydrogens (tertiary/aromatic N) is 3. The first kappa shape index (κ1) is 19.8. The molecule has 1 aromatic heterocycles. The molecule has 0 atom stereocenters. The van der Waals surface area contributed by atoms with Crippen molar-refractivity contribution in [1.29, 1.82) is 0 Å². The molecule has 2 aliphatic rings. The van der Waals surface area contributed by atoms with Crippen LogP contribution in [0.5, 0.6) is 5.75 Å². The lowest BCUT2D eigenvalue weighted by Crippen LogP contribution is -2.44. The van der Waals surface area contributed by atoms with Crippen LogP contribution in [0.4, 0.5) is 11.4 Å². The molecule has 0 unspecified atom stereocenters. The van der Waals surface area contributed by atoms with E-state index in [0.717, 1.165) is 42.9 Å². The van der Waals surface area contributed by atoms with Crippen LogP contribution in [-0.2, 0) is 14.9 Å². The van der Waals surface area contributed by atoms with Gasteiger partial charge in [0.25, 0.3) is 0 Å². The molecule has 5 rings (SSSR count). The molecule has 2 saturated heterocycles. The van der Waals surface area contributed by atoms with Crippen LogP contribution in [0.1, 0.15) is 31.2 Å². The van der Waals surface area contributed by atoms with Gasteiger partial charge in [-0.05, 0) is 65.8 Å². The summed E-state index contributed by atoms with van der Waals surface area (Å²) in [6.45, 7) is 3.06. The van der Waals surface area contributed by atoms with Crippen LogP contribution in [0.2, 0.25) is 0 Å². The van der Waals surface area contributed by atoms with Crippen LogP contribution >= 0.6 is 0 Å². The molecule has 31 heavy (non-hydrogen) atoms. The SMILES string of the molecule is COc1ccc(C2(C(=O)Nc3ccc(N4CCCC4)c4nonc34)CCOCC2)cc1. The van der Waals surface area contributed by atoms with Crippen LogP contribution < -0.4 is 15.0 Å². The summed E-state index contributed by atoms with van der Waals surface area (Å²) in [5.41, 5.74) is 3.16. The number of aromatic nitrogens is 2. The van der Waals surface area contributed by atoms with Crippen LogP contribution in [0, 0.1) is 0 Å². The average Bonchev–Trinajstić information content (AvgIpc) is 3.52. The fraction of sp³-hybridized carbons (Fsp3) is 0.435. The van der Waals surface area contributed by atoms with Crippen molar-refractivity contribution < 1.29 is 18.9 Å². The second-order valence-electron chi connectivity index (χ2n) is 8.16. The van der Waals surface area contributed by atoms with Gasteiger partial charge in [0.15, 0.2) is 11.0 Å². The van der Waals surface area contributed by atoms with Gasteiger partial charge in [0.05, 0.1) is 23.9 Å². The van der Waals surface area contributed by atoms with Gasteiger partial charge < -0.3 is 19.7 Å². The highest BCUT2D eigenvalue weighted by molar-refractivity contribution is 6.06. The van der Waals surface area contributed by atoms with E-state index in [1.807, 2.05) is 36.4 Å². The number of hydrogen-bond donors (Lipinski definition) is 1. The fourth-order valence-electron chi connectivity index (χ4n) is 4.69. The van der Waals surface area contributed by atoms with Crippen molar-refractivity contribution in [2.75, 3.05) is 43.6 Å². The standard InChI is InChI=1S/C23H26N4O4/c1-29-17-6-4-16(5-7-17)23(10-14-30-15-11-23)22(28)24-18-8-9-19(27-12-2-3-13-27)21-20(18)25-31-26-21/h4-9H,2-3,10-15H2,1H3,(H,24,28). The van der Waals surface area contributed by atoms with E-state index in [0.29, 0.717) is 42.8 Å². The lowest BCUT2D eigenvalue weighted by atomic mass is 9.73. The van der Waals surface area contributed by atoms with E-state index in [4.69, 9.17) is 14.1 Å². The third kappa shape index (κ3) is 3.50. The van der Waals surface area contributed by atoms with Crippen LogP contribution in [0.15, 0.2) is 41.0 Å². The minimum absolute atomic E-state index is 0.0702. The van der Waals surface area contributed by atoms with E-state index in [1.165, 1.54) is 0 Å². The second-order valence-corrected chi connectivity index (χ2v) is 8.16. The first-order valence-electron chi connectivity index (χ1n) is 10.8. The molecule has 2 aliphatic heterocycles. The molecule has 3 aromatic rings. The van der Waals surface area contributed by atoms with Crippen LogP contribution in [0.3, 0.4) is 0 Å². The van der Waals surface area contributed by atoms with Crippen molar-refractivity contribution in [1.82, 2.24) is 10.3 Å². The van der Waals surface area contributed by atoms with Gasteiger partial charge in [-0.25, -0.2) is 4.63 Å². The number of rotatable bonds is 5. The normalized spacial score (nSPS) is 18.3. The van der Waals surface area contributed by atoms with Crippen molar-refractivity contribution in [3.8, 4) is 5.75 Å². The Morgan fingerprint density at radius 3 is 2.45 bits per heavy atom. The molecular weight excluding hydrogens is 396 g/mol. The number of carbonyl (C=O) groups is 1. The van der Waals surface area contributed by atoms with Crippen molar-refractivity contribution in [2.45, 2.75) is 31.1 Å². The van der Waals surface area contributed by atoms with Crippen molar-refractivity contribution >= 4 is 28.3 Å². The van der Waals surface area contributed by atoms with Gasteiger partial charge in [0, 0.05) is 26.3 Å². The van der Waals surface area contributed by atoms with Gasteiger partial charge in [-0.3, -0.25) is 4.79 Å². The van der Waals surface area contributed by atoms with E-state index >= 15 is 0 Å². The number of fused-ring (bicyclic) bond motifs is 1. The first-order chi connectivity index (χ1) is 15.2. The molecule has 0 spiro atoms. The molecule has 0 aliphatic carbocycles. The molecule has 8 nitrogen and oxygen atoms in total. The summed E-state index contributed by atoms with van der Waals surface area (Å²) in [5.74, 6) is 0.693. The Hall–Kier alpha value is -3.13. The summed E-state index contributed by atoms with van der Waals surface area (Å²) in [7, 11) is 1.63. The number of amides is 1. The van der Waals surface area contributed by atoms with E-state index in [2.05, 4.69) is 20.5 Å². The smallest absolute Gasteiger partial charge is 0.235 e.